The zero-order chi connectivity index (χ0) is 20.8. The second-order valence-corrected chi connectivity index (χ2v) is 8.76. The number of hydrogen-bond donors (Lipinski definition) is 2. The van der Waals surface area contributed by atoms with Gasteiger partial charge in [-0.2, -0.15) is 0 Å². The Hall–Kier alpha value is -2.38. The second kappa shape index (κ2) is 9.89. The molecule has 156 valence electrons. The van der Waals surface area contributed by atoms with Crippen molar-refractivity contribution in [3.63, 3.8) is 0 Å². The van der Waals surface area contributed by atoms with E-state index >= 15 is 0 Å². The summed E-state index contributed by atoms with van der Waals surface area (Å²) in [5, 5.41) is 5.04. The van der Waals surface area contributed by atoms with Crippen LogP contribution < -0.4 is 15.0 Å². The first kappa shape index (κ1) is 21.3. The van der Waals surface area contributed by atoms with Crippen molar-refractivity contribution < 1.29 is 19.2 Å². The lowest BCUT2D eigenvalue weighted by molar-refractivity contribution is -0.917. The maximum atomic E-state index is 13.2. The number of benzene rings is 1. The predicted octanol–water partition coefficient (Wildman–Crippen LogP) is 1.44. The van der Waals surface area contributed by atoms with Crippen molar-refractivity contribution in [2.24, 2.45) is 5.92 Å². The van der Waals surface area contributed by atoms with Crippen LogP contribution in [0.5, 0.6) is 5.75 Å². The molecule has 1 aromatic heterocycles. The number of carbonyl (C=O) groups is 2. The lowest BCUT2D eigenvalue weighted by Crippen LogP contribution is -3.13. The minimum atomic E-state index is -0.550. The van der Waals surface area contributed by atoms with Crippen molar-refractivity contribution in [1.29, 1.82) is 0 Å². The fourth-order valence-corrected chi connectivity index (χ4v) is 4.42. The highest BCUT2D eigenvalue weighted by Gasteiger charge is 2.32. The average molecular weight is 417 g/mol. The number of amides is 2. The first-order chi connectivity index (χ1) is 14.0. The molecule has 1 saturated heterocycles. The van der Waals surface area contributed by atoms with E-state index in [0.29, 0.717) is 24.4 Å². The number of carbonyl (C=O) groups excluding carboxylic acids is 2. The van der Waals surface area contributed by atoms with Gasteiger partial charge in [-0.15, -0.1) is 11.3 Å². The highest BCUT2D eigenvalue weighted by atomic mass is 32.1. The molecule has 2 amide bonds. The van der Waals surface area contributed by atoms with Crippen LogP contribution in [0.15, 0.2) is 41.8 Å². The largest absolute Gasteiger partial charge is 0.496 e. The Bertz CT molecular complexity index is 814. The molecule has 1 fully saturated rings. The second-order valence-electron chi connectivity index (χ2n) is 7.73. The Morgan fingerprint density at radius 2 is 1.90 bits per heavy atom. The number of hydrogen-bond acceptors (Lipinski definition) is 4. The molecule has 0 radical (unpaired) electrons. The Morgan fingerprint density at radius 1 is 1.17 bits per heavy atom. The van der Waals surface area contributed by atoms with Crippen LogP contribution in [-0.2, 0) is 11.3 Å². The van der Waals surface area contributed by atoms with Crippen LogP contribution in [0.2, 0.25) is 0 Å². The van der Waals surface area contributed by atoms with E-state index in [4.69, 9.17) is 4.74 Å². The number of rotatable bonds is 7. The summed E-state index contributed by atoms with van der Waals surface area (Å²) in [4.78, 5) is 30.7. The molecule has 0 aliphatic carbocycles. The van der Waals surface area contributed by atoms with Crippen LogP contribution in [0.25, 0.3) is 0 Å². The molecule has 1 aromatic carbocycles. The molecule has 2 N–H and O–H groups in total. The molecular formula is C22H30N3O3S+. The number of ether oxygens (including phenoxy) is 1. The lowest BCUT2D eigenvalue weighted by atomic mass is 10.0. The topological polar surface area (TPSA) is 63.1 Å². The van der Waals surface area contributed by atoms with Gasteiger partial charge in [0.05, 0.1) is 43.7 Å². The van der Waals surface area contributed by atoms with Crippen molar-refractivity contribution in [2.45, 2.75) is 26.4 Å². The van der Waals surface area contributed by atoms with Crippen molar-refractivity contribution in [3.8, 4) is 5.75 Å². The van der Waals surface area contributed by atoms with Crippen molar-refractivity contribution in [1.82, 2.24) is 10.2 Å². The zero-order valence-electron chi connectivity index (χ0n) is 17.3. The number of methoxy groups -OCH3 is 1. The van der Waals surface area contributed by atoms with E-state index < -0.39 is 6.04 Å². The van der Waals surface area contributed by atoms with Crippen molar-refractivity contribution >= 4 is 23.2 Å². The van der Waals surface area contributed by atoms with Gasteiger partial charge in [-0.05, 0) is 29.5 Å². The summed E-state index contributed by atoms with van der Waals surface area (Å²) in [6, 6.07) is 10.8. The molecule has 3 rings (SSSR count). The fourth-order valence-electron chi connectivity index (χ4n) is 3.64. The normalized spacial score (nSPS) is 15.9. The van der Waals surface area contributed by atoms with E-state index in [1.807, 2.05) is 24.8 Å². The predicted molar refractivity (Wildman–Crippen MR) is 114 cm³/mol. The summed E-state index contributed by atoms with van der Waals surface area (Å²) in [6.45, 7) is 8.22. The maximum Gasteiger partial charge on any atom is 0.255 e. The summed E-state index contributed by atoms with van der Waals surface area (Å²) >= 11 is 1.78. The number of para-hydroxylation sites is 1. The molecule has 7 heteroatoms. The monoisotopic (exact) mass is 416 g/mol. The van der Waals surface area contributed by atoms with Gasteiger partial charge in [-0.3, -0.25) is 9.59 Å². The van der Waals surface area contributed by atoms with Gasteiger partial charge in [0.2, 0.25) is 5.91 Å². The summed E-state index contributed by atoms with van der Waals surface area (Å²) in [5.41, 5.74) is 0.443. The smallest absolute Gasteiger partial charge is 0.255 e. The minimum absolute atomic E-state index is 0.00146. The van der Waals surface area contributed by atoms with Gasteiger partial charge in [0, 0.05) is 0 Å². The highest BCUT2D eigenvalue weighted by Crippen LogP contribution is 2.18. The third-order valence-corrected chi connectivity index (χ3v) is 6.23. The van der Waals surface area contributed by atoms with Crippen molar-refractivity contribution in [3.05, 3.63) is 52.2 Å². The Balaban J connectivity index is 1.60. The first-order valence-electron chi connectivity index (χ1n) is 10.1. The molecule has 0 saturated carbocycles. The lowest BCUT2D eigenvalue weighted by Gasteiger charge is -2.35. The molecule has 29 heavy (non-hydrogen) atoms. The Morgan fingerprint density at radius 3 is 2.52 bits per heavy atom. The van der Waals surface area contributed by atoms with Gasteiger partial charge in [0.25, 0.3) is 5.91 Å². The van der Waals surface area contributed by atoms with E-state index in [2.05, 4.69) is 22.8 Å². The van der Waals surface area contributed by atoms with Gasteiger partial charge in [0.15, 0.2) is 0 Å². The standard InChI is InChI=1S/C22H29N3O3S/c1-16(2)20(23-21(26)18-8-4-5-9-19(18)28-3)22(27)25-12-10-24(11-13-25)15-17-7-6-14-29-17/h4-9,14,16,20H,10-13,15H2,1-3H3,(H,23,26)/p+1/t20-/m0/s1. The molecular weight excluding hydrogens is 386 g/mol. The van der Waals surface area contributed by atoms with Gasteiger partial charge >= 0.3 is 0 Å². The van der Waals surface area contributed by atoms with E-state index in [-0.39, 0.29) is 17.7 Å². The van der Waals surface area contributed by atoms with Gasteiger partial charge < -0.3 is 19.9 Å². The molecule has 0 spiro atoms. The fraction of sp³-hybridized carbons (Fsp3) is 0.455. The van der Waals surface area contributed by atoms with Gasteiger partial charge in [-0.1, -0.05) is 32.0 Å². The van der Waals surface area contributed by atoms with Crippen LogP contribution in [0.4, 0.5) is 0 Å². The summed E-state index contributed by atoms with van der Waals surface area (Å²) in [7, 11) is 1.54. The zero-order valence-corrected chi connectivity index (χ0v) is 18.1. The van der Waals surface area contributed by atoms with E-state index in [9.17, 15) is 9.59 Å². The van der Waals surface area contributed by atoms with Crippen LogP contribution in [0.3, 0.4) is 0 Å². The molecule has 0 unspecified atom stereocenters. The molecule has 1 aliphatic rings. The SMILES string of the molecule is COc1ccccc1C(=O)N[C@H](C(=O)N1CC[NH+](Cc2cccs2)CC1)C(C)C. The average Bonchev–Trinajstić information content (AvgIpc) is 3.24. The molecule has 1 atom stereocenters. The summed E-state index contributed by atoms with van der Waals surface area (Å²) in [6.07, 6.45) is 0. The van der Waals surface area contributed by atoms with E-state index in [1.54, 1.807) is 29.5 Å². The van der Waals surface area contributed by atoms with E-state index in [1.165, 1.54) is 16.9 Å². The van der Waals surface area contributed by atoms with E-state index in [0.717, 1.165) is 19.6 Å². The van der Waals surface area contributed by atoms with Crippen LogP contribution in [0, 0.1) is 5.92 Å². The molecule has 2 aromatic rings. The van der Waals surface area contributed by atoms with Crippen LogP contribution in [-0.4, -0.2) is 56.0 Å². The molecule has 1 aliphatic heterocycles. The summed E-state index contributed by atoms with van der Waals surface area (Å²) < 4.78 is 5.28. The first-order valence-corrected chi connectivity index (χ1v) is 11.0. The molecule has 0 bridgehead atoms. The Kier molecular flexibility index (Phi) is 7.28. The highest BCUT2D eigenvalue weighted by molar-refractivity contribution is 7.09. The van der Waals surface area contributed by atoms with Crippen LogP contribution in [0.1, 0.15) is 29.1 Å². The summed E-state index contributed by atoms with van der Waals surface area (Å²) in [5.74, 6) is 0.221. The van der Waals surface area contributed by atoms with Gasteiger partial charge in [-0.25, -0.2) is 0 Å². The number of piperazine rings is 1. The van der Waals surface area contributed by atoms with Crippen LogP contribution >= 0.6 is 11.3 Å². The van der Waals surface area contributed by atoms with Gasteiger partial charge in [0.1, 0.15) is 18.3 Å². The third kappa shape index (κ3) is 5.36. The number of nitrogens with zero attached hydrogens (tertiary/aromatic N) is 1. The maximum absolute atomic E-state index is 13.2. The minimum Gasteiger partial charge on any atom is -0.496 e. The quantitative estimate of drug-likeness (QED) is 0.718. The number of thiophene rings is 1. The number of nitrogens with one attached hydrogen (secondary N) is 2. The number of quaternary nitrogens is 1. The van der Waals surface area contributed by atoms with Crippen molar-refractivity contribution in [2.75, 3.05) is 33.3 Å². The molecule has 2 heterocycles. The third-order valence-electron chi connectivity index (χ3n) is 5.36. The molecule has 6 nitrogen and oxygen atoms in total. The Labute approximate surface area is 176 Å².